The third kappa shape index (κ3) is 4.44. The molecule has 3 aromatic rings. The molecule has 0 fully saturated rings. The average molecular weight is 474 g/mol. The van der Waals surface area contributed by atoms with Crippen molar-refractivity contribution in [3.63, 3.8) is 0 Å². The van der Waals surface area contributed by atoms with Gasteiger partial charge in [-0.25, -0.2) is 4.98 Å². The summed E-state index contributed by atoms with van der Waals surface area (Å²) in [5, 5.41) is 8.04. The van der Waals surface area contributed by atoms with Crippen molar-refractivity contribution in [1.82, 2.24) is 4.98 Å². The predicted octanol–water partition coefficient (Wildman–Crippen LogP) is 6.17. The van der Waals surface area contributed by atoms with E-state index < -0.39 is 0 Å². The van der Waals surface area contributed by atoms with Gasteiger partial charge in [0.2, 0.25) is 5.13 Å². The van der Waals surface area contributed by atoms with Crippen molar-refractivity contribution in [2.75, 3.05) is 5.43 Å². The molecule has 1 heterocycles. The lowest BCUT2D eigenvalue weighted by Gasteiger charge is -1.99. The van der Waals surface area contributed by atoms with E-state index >= 15 is 0 Å². The molecule has 0 radical (unpaired) electrons. The Kier molecular flexibility index (Phi) is 5.53. The molecular formula is C16H10Cl2IN3S. The van der Waals surface area contributed by atoms with Crippen LogP contribution in [0.3, 0.4) is 0 Å². The van der Waals surface area contributed by atoms with Crippen molar-refractivity contribution in [2.24, 2.45) is 5.10 Å². The largest absolute Gasteiger partial charge is 0.253 e. The summed E-state index contributed by atoms with van der Waals surface area (Å²) in [5.41, 5.74) is 5.72. The molecule has 0 saturated heterocycles. The molecule has 0 bridgehead atoms. The first-order chi connectivity index (χ1) is 11.1. The van der Waals surface area contributed by atoms with E-state index in [1.54, 1.807) is 18.3 Å². The number of hydrogen-bond acceptors (Lipinski definition) is 4. The summed E-state index contributed by atoms with van der Waals surface area (Å²) in [6.07, 6.45) is 1.64. The molecule has 3 rings (SSSR count). The van der Waals surface area contributed by atoms with Gasteiger partial charge in [-0.05, 0) is 46.9 Å². The molecule has 0 atom stereocenters. The van der Waals surface area contributed by atoms with E-state index in [0.717, 1.165) is 22.0 Å². The van der Waals surface area contributed by atoms with Gasteiger partial charge in [0.1, 0.15) is 0 Å². The number of anilines is 1. The second kappa shape index (κ2) is 7.61. The number of nitrogens with zero attached hydrogens (tertiary/aromatic N) is 2. The summed E-state index contributed by atoms with van der Waals surface area (Å²) in [6, 6.07) is 13.5. The molecule has 116 valence electrons. The van der Waals surface area contributed by atoms with Crippen molar-refractivity contribution in [3.8, 4) is 11.3 Å². The van der Waals surface area contributed by atoms with Crippen LogP contribution < -0.4 is 5.43 Å². The minimum Gasteiger partial charge on any atom is -0.253 e. The van der Waals surface area contributed by atoms with Gasteiger partial charge in [-0.15, -0.1) is 11.3 Å². The standard InChI is InChI=1S/C16H10Cl2IN3S/c17-12-4-1-11(14(18)7-12)8-20-22-16-21-15(9-23-16)10-2-5-13(19)6-3-10/h1-9H,(H,21,22)/b20-8+. The summed E-state index contributed by atoms with van der Waals surface area (Å²) >= 11 is 15.7. The van der Waals surface area contributed by atoms with Gasteiger partial charge in [0.05, 0.1) is 16.9 Å². The number of thiazole rings is 1. The summed E-state index contributed by atoms with van der Waals surface area (Å²) < 4.78 is 1.20. The lowest BCUT2D eigenvalue weighted by Crippen LogP contribution is -1.91. The van der Waals surface area contributed by atoms with E-state index in [4.69, 9.17) is 23.2 Å². The summed E-state index contributed by atoms with van der Waals surface area (Å²) in [4.78, 5) is 4.52. The van der Waals surface area contributed by atoms with E-state index in [1.807, 2.05) is 11.4 Å². The van der Waals surface area contributed by atoms with Crippen molar-refractivity contribution in [1.29, 1.82) is 0 Å². The molecule has 2 aromatic carbocycles. The van der Waals surface area contributed by atoms with Crippen molar-refractivity contribution >= 4 is 68.5 Å². The predicted molar refractivity (Wildman–Crippen MR) is 108 cm³/mol. The Hall–Kier alpha value is -1.15. The molecule has 0 spiro atoms. The fraction of sp³-hybridized carbons (Fsp3) is 0. The van der Waals surface area contributed by atoms with Gasteiger partial charge < -0.3 is 0 Å². The van der Waals surface area contributed by atoms with E-state index in [1.165, 1.54) is 14.9 Å². The molecule has 1 aromatic heterocycles. The van der Waals surface area contributed by atoms with Crippen LogP contribution in [0, 0.1) is 3.57 Å². The summed E-state index contributed by atoms with van der Waals surface area (Å²) in [6.45, 7) is 0. The molecular weight excluding hydrogens is 464 g/mol. The molecule has 7 heteroatoms. The summed E-state index contributed by atoms with van der Waals surface area (Å²) in [5.74, 6) is 0. The number of benzene rings is 2. The highest BCUT2D eigenvalue weighted by atomic mass is 127. The fourth-order valence-electron chi connectivity index (χ4n) is 1.84. The maximum atomic E-state index is 6.09. The Morgan fingerprint density at radius 3 is 2.65 bits per heavy atom. The van der Waals surface area contributed by atoms with Crippen LogP contribution in [0.5, 0.6) is 0 Å². The molecule has 0 aliphatic carbocycles. The van der Waals surface area contributed by atoms with E-state index in [2.05, 4.69) is 62.4 Å². The molecule has 0 saturated carbocycles. The van der Waals surface area contributed by atoms with Crippen molar-refractivity contribution in [2.45, 2.75) is 0 Å². The first-order valence-corrected chi connectivity index (χ1v) is 9.29. The van der Waals surface area contributed by atoms with Crippen LogP contribution in [-0.4, -0.2) is 11.2 Å². The highest BCUT2D eigenvalue weighted by Crippen LogP contribution is 2.25. The van der Waals surface area contributed by atoms with Gasteiger partial charge in [-0.3, -0.25) is 5.43 Å². The van der Waals surface area contributed by atoms with Crippen molar-refractivity contribution < 1.29 is 0 Å². The van der Waals surface area contributed by atoms with Crippen LogP contribution in [0.15, 0.2) is 52.9 Å². The summed E-state index contributed by atoms with van der Waals surface area (Å²) in [7, 11) is 0. The Labute approximate surface area is 161 Å². The maximum absolute atomic E-state index is 6.09. The number of aromatic nitrogens is 1. The van der Waals surface area contributed by atoms with Gasteiger partial charge in [0, 0.05) is 25.1 Å². The number of halogens is 3. The van der Waals surface area contributed by atoms with Crippen LogP contribution in [0.2, 0.25) is 10.0 Å². The van der Waals surface area contributed by atoms with Gasteiger partial charge in [-0.1, -0.05) is 41.4 Å². The Morgan fingerprint density at radius 1 is 1.13 bits per heavy atom. The first kappa shape index (κ1) is 16.7. The first-order valence-electron chi connectivity index (χ1n) is 6.57. The second-order valence-electron chi connectivity index (χ2n) is 4.58. The third-order valence-corrected chi connectivity index (χ3v) is 5.00. The van der Waals surface area contributed by atoms with Gasteiger partial charge >= 0.3 is 0 Å². The monoisotopic (exact) mass is 473 g/mol. The fourth-order valence-corrected chi connectivity index (χ4v) is 3.33. The zero-order valence-electron chi connectivity index (χ0n) is 11.6. The van der Waals surface area contributed by atoms with E-state index in [0.29, 0.717) is 10.0 Å². The lowest BCUT2D eigenvalue weighted by atomic mass is 10.2. The minimum atomic E-state index is 0.557. The quantitative estimate of drug-likeness (QED) is 0.279. The number of hydrogen-bond donors (Lipinski definition) is 1. The molecule has 3 nitrogen and oxygen atoms in total. The Balaban J connectivity index is 1.69. The Morgan fingerprint density at radius 2 is 1.91 bits per heavy atom. The zero-order valence-corrected chi connectivity index (χ0v) is 16.1. The van der Waals surface area contributed by atoms with Gasteiger partial charge in [0.15, 0.2) is 0 Å². The van der Waals surface area contributed by atoms with E-state index in [9.17, 15) is 0 Å². The van der Waals surface area contributed by atoms with Crippen LogP contribution >= 0.6 is 57.1 Å². The van der Waals surface area contributed by atoms with Crippen molar-refractivity contribution in [3.05, 3.63) is 67.0 Å². The van der Waals surface area contributed by atoms with Gasteiger partial charge in [0.25, 0.3) is 0 Å². The highest BCUT2D eigenvalue weighted by Gasteiger charge is 2.04. The Bertz CT molecular complexity index is 847. The molecule has 1 N–H and O–H groups in total. The molecule has 0 amide bonds. The molecule has 23 heavy (non-hydrogen) atoms. The second-order valence-corrected chi connectivity index (χ2v) is 7.53. The number of hydrazone groups is 1. The van der Waals surface area contributed by atoms with Gasteiger partial charge in [-0.2, -0.15) is 5.10 Å². The molecule has 0 aliphatic heterocycles. The normalized spacial score (nSPS) is 11.1. The zero-order chi connectivity index (χ0) is 16.2. The third-order valence-electron chi connectivity index (χ3n) is 2.97. The van der Waals surface area contributed by atoms with Crippen LogP contribution in [0.4, 0.5) is 5.13 Å². The van der Waals surface area contributed by atoms with E-state index in [-0.39, 0.29) is 0 Å². The topological polar surface area (TPSA) is 37.3 Å². The highest BCUT2D eigenvalue weighted by molar-refractivity contribution is 14.1. The SMILES string of the molecule is Clc1ccc(/C=N/Nc2nc(-c3ccc(I)cc3)cs2)c(Cl)c1. The maximum Gasteiger partial charge on any atom is 0.203 e. The van der Waals surface area contributed by atoms with Crippen LogP contribution in [0.1, 0.15) is 5.56 Å². The lowest BCUT2D eigenvalue weighted by molar-refractivity contribution is 1.29. The molecule has 0 aliphatic rings. The molecule has 0 unspecified atom stereocenters. The minimum absolute atomic E-state index is 0.557. The smallest absolute Gasteiger partial charge is 0.203 e. The van der Waals surface area contributed by atoms with Crippen LogP contribution in [-0.2, 0) is 0 Å². The average Bonchev–Trinajstić information content (AvgIpc) is 2.99. The number of rotatable bonds is 4. The van der Waals surface area contributed by atoms with Crippen LogP contribution in [0.25, 0.3) is 11.3 Å². The number of nitrogens with one attached hydrogen (secondary N) is 1.